The first-order chi connectivity index (χ1) is 11.7. The summed E-state index contributed by atoms with van der Waals surface area (Å²) >= 11 is 0. The maximum absolute atomic E-state index is 12.6. The van der Waals surface area contributed by atoms with Gasteiger partial charge in [-0.2, -0.15) is 5.10 Å². The summed E-state index contributed by atoms with van der Waals surface area (Å²) < 4.78 is 1.35. The highest BCUT2D eigenvalue weighted by molar-refractivity contribution is 5.92. The zero-order valence-electron chi connectivity index (χ0n) is 13.9. The van der Waals surface area contributed by atoms with E-state index in [-0.39, 0.29) is 11.5 Å². The molecule has 1 aliphatic heterocycles. The van der Waals surface area contributed by atoms with E-state index in [9.17, 15) is 9.59 Å². The van der Waals surface area contributed by atoms with E-state index in [1.807, 2.05) is 35.2 Å². The van der Waals surface area contributed by atoms with E-state index in [0.717, 1.165) is 25.2 Å². The zero-order chi connectivity index (χ0) is 16.9. The number of hydrogen-bond acceptors (Lipinski definition) is 4. The average molecular weight is 326 g/mol. The molecule has 1 saturated heterocycles. The molecule has 2 aromatic rings. The Kier molecular flexibility index (Phi) is 5.05. The van der Waals surface area contributed by atoms with Crippen LogP contribution in [0.2, 0.25) is 0 Å². The maximum atomic E-state index is 12.6. The van der Waals surface area contributed by atoms with Crippen LogP contribution in [0.5, 0.6) is 0 Å². The highest BCUT2D eigenvalue weighted by Crippen LogP contribution is 2.07. The number of aromatic nitrogens is 2. The summed E-state index contributed by atoms with van der Waals surface area (Å²) in [5.74, 6) is -0.104. The van der Waals surface area contributed by atoms with Crippen molar-refractivity contribution in [3.63, 3.8) is 0 Å². The lowest BCUT2D eigenvalue weighted by molar-refractivity contribution is 0.0635. The fraction of sp³-hybridized carbons (Fsp3) is 0.389. The molecule has 0 aliphatic carbocycles. The molecule has 126 valence electrons. The number of carbonyl (C=O) groups is 1. The number of hydrogen-bond donors (Lipinski definition) is 0. The molecule has 0 saturated carbocycles. The Hall–Kier alpha value is -2.47. The lowest BCUT2D eigenvalue weighted by Gasteiger charge is -2.33. The van der Waals surface area contributed by atoms with Gasteiger partial charge in [-0.05, 0) is 18.2 Å². The summed E-state index contributed by atoms with van der Waals surface area (Å²) in [6.07, 6.45) is 0. The number of benzene rings is 1. The van der Waals surface area contributed by atoms with Crippen LogP contribution in [-0.4, -0.2) is 58.2 Å². The molecule has 0 bridgehead atoms. The Morgan fingerprint density at radius 1 is 1.04 bits per heavy atom. The van der Waals surface area contributed by atoms with Crippen molar-refractivity contribution in [2.45, 2.75) is 13.5 Å². The summed E-state index contributed by atoms with van der Waals surface area (Å²) in [5.41, 5.74) is 1.11. The topological polar surface area (TPSA) is 58.4 Å². The Labute approximate surface area is 141 Å². The predicted molar refractivity (Wildman–Crippen MR) is 92.1 cm³/mol. The van der Waals surface area contributed by atoms with Crippen molar-refractivity contribution in [1.82, 2.24) is 19.6 Å². The monoisotopic (exact) mass is 326 g/mol. The number of likely N-dealkylation sites (N-methyl/N-ethyl adjacent to an activating group) is 1. The standard InChI is InChI=1S/C18H22N4O2/c1-2-20-10-12-21(13-11-20)18(24)16-8-9-17(23)22(19-16)14-15-6-4-3-5-7-15/h3-9H,2,10-14H2,1H3. The van der Waals surface area contributed by atoms with Crippen molar-refractivity contribution in [2.75, 3.05) is 32.7 Å². The van der Waals surface area contributed by atoms with Gasteiger partial charge in [0.2, 0.25) is 0 Å². The van der Waals surface area contributed by atoms with Gasteiger partial charge in [0.15, 0.2) is 0 Å². The van der Waals surface area contributed by atoms with Crippen LogP contribution in [0.1, 0.15) is 23.0 Å². The molecule has 0 radical (unpaired) electrons. The Morgan fingerprint density at radius 2 is 1.75 bits per heavy atom. The van der Waals surface area contributed by atoms with Crippen LogP contribution in [0.15, 0.2) is 47.3 Å². The molecule has 2 heterocycles. The summed E-state index contributed by atoms with van der Waals surface area (Å²) in [5, 5.41) is 4.28. The quantitative estimate of drug-likeness (QED) is 0.843. The van der Waals surface area contributed by atoms with Gasteiger partial charge in [0.1, 0.15) is 5.69 Å². The van der Waals surface area contributed by atoms with Crippen molar-refractivity contribution >= 4 is 5.91 Å². The molecule has 0 unspecified atom stereocenters. The number of rotatable bonds is 4. The zero-order valence-corrected chi connectivity index (χ0v) is 13.9. The molecular formula is C18H22N4O2. The van der Waals surface area contributed by atoms with Crippen molar-refractivity contribution < 1.29 is 4.79 Å². The first-order valence-corrected chi connectivity index (χ1v) is 8.31. The summed E-state index contributed by atoms with van der Waals surface area (Å²) in [6, 6.07) is 12.6. The Morgan fingerprint density at radius 3 is 2.42 bits per heavy atom. The smallest absolute Gasteiger partial charge is 0.274 e. The molecular weight excluding hydrogens is 304 g/mol. The third kappa shape index (κ3) is 3.71. The molecule has 0 spiro atoms. The summed E-state index contributed by atoms with van der Waals surface area (Å²) in [6.45, 7) is 6.65. The summed E-state index contributed by atoms with van der Waals surface area (Å²) in [4.78, 5) is 28.8. The van der Waals surface area contributed by atoms with Crippen molar-refractivity contribution in [1.29, 1.82) is 0 Å². The first kappa shape index (κ1) is 16.4. The van der Waals surface area contributed by atoms with Crippen LogP contribution in [-0.2, 0) is 6.54 Å². The van der Waals surface area contributed by atoms with Gasteiger partial charge in [-0.1, -0.05) is 37.3 Å². The average Bonchev–Trinajstić information content (AvgIpc) is 2.64. The van der Waals surface area contributed by atoms with Gasteiger partial charge in [-0.3, -0.25) is 9.59 Å². The molecule has 3 rings (SSSR count). The number of nitrogens with zero attached hydrogens (tertiary/aromatic N) is 4. The molecule has 6 heteroatoms. The normalized spacial score (nSPS) is 15.5. The second-order valence-electron chi connectivity index (χ2n) is 5.93. The van der Waals surface area contributed by atoms with Crippen LogP contribution in [0.3, 0.4) is 0 Å². The first-order valence-electron chi connectivity index (χ1n) is 8.31. The third-order valence-electron chi connectivity index (χ3n) is 4.37. The largest absolute Gasteiger partial charge is 0.335 e. The van der Waals surface area contributed by atoms with Gasteiger partial charge in [0.05, 0.1) is 6.54 Å². The molecule has 1 amide bonds. The molecule has 6 nitrogen and oxygen atoms in total. The molecule has 1 aromatic heterocycles. The maximum Gasteiger partial charge on any atom is 0.274 e. The Bertz CT molecular complexity index is 749. The van der Waals surface area contributed by atoms with E-state index in [2.05, 4.69) is 16.9 Å². The second-order valence-corrected chi connectivity index (χ2v) is 5.93. The van der Waals surface area contributed by atoms with Gasteiger partial charge >= 0.3 is 0 Å². The SMILES string of the molecule is CCN1CCN(C(=O)c2ccc(=O)n(Cc3ccccc3)n2)CC1. The second kappa shape index (κ2) is 7.40. The fourth-order valence-corrected chi connectivity index (χ4v) is 2.86. The minimum atomic E-state index is -0.203. The van der Waals surface area contributed by atoms with Crippen LogP contribution in [0.4, 0.5) is 0 Å². The Balaban J connectivity index is 1.76. The lowest BCUT2D eigenvalue weighted by Crippen LogP contribution is -2.48. The predicted octanol–water partition coefficient (Wildman–Crippen LogP) is 1.07. The van der Waals surface area contributed by atoms with E-state index in [4.69, 9.17) is 0 Å². The van der Waals surface area contributed by atoms with E-state index in [1.54, 1.807) is 0 Å². The van der Waals surface area contributed by atoms with Crippen molar-refractivity contribution in [2.24, 2.45) is 0 Å². The van der Waals surface area contributed by atoms with Gasteiger partial charge < -0.3 is 9.80 Å². The van der Waals surface area contributed by atoms with Crippen molar-refractivity contribution in [3.05, 3.63) is 64.1 Å². The van der Waals surface area contributed by atoms with Crippen LogP contribution in [0, 0.1) is 0 Å². The van der Waals surface area contributed by atoms with Crippen LogP contribution < -0.4 is 5.56 Å². The number of carbonyl (C=O) groups excluding carboxylic acids is 1. The van der Waals surface area contributed by atoms with Gasteiger partial charge in [-0.15, -0.1) is 0 Å². The third-order valence-corrected chi connectivity index (χ3v) is 4.37. The van der Waals surface area contributed by atoms with E-state index in [0.29, 0.717) is 25.3 Å². The molecule has 1 aromatic carbocycles. The molecule has 0 N–H and O–H groups in total. The summed E-state index contributed by atoms with van der Waals surface area (Å²) in [7, 11) is 0. The number of piperazine rings is 1. The lowest BCUT2D eigenvalue weighted by atomic mass is 10.2. The molecule has 0 atom stereocenters. The van der Waals surface area contributed by atoms with Gasteiger partial charge in [0.25, 0.3) is 11.5 Å². The van der Waals surface area contributed by atoms with Gasteiger partial charge in [0, 0.05) is 32.2 Å². The molecule has 1 aliphatic rings. The minimum absolute atomic E-state index is 0.104. The highest BCUT2D eigenvalue weighted by Gasteiger charge is 2.22. The molecule has 24 heavy (non-hydrogen) atoms. The van der Waals surface area contributed by atoms with Gasteiger partial charge in [-0.25, -0.2) is 4.68 Å². The fourth-order valence-electron chi connectivity index (χ4n) is 2.86. The molecule has 1 fully saturated rings. The van der Waals surface area contributed by atoms with Crippen LogP contribution in [0.25, 0.3) is 0 Å². The van der Waals surface area contributed by atoms with Crippen molar-refractivity contribution in [3.8, 4) is 0 Å². The highest BCUT2D eigenvalue weighted by atomic mass is 16.2. The van der Waals surface area contributed by atoms with E-state index >= 15 is 0 Å². The van der Waals surface area contributed by atoms with E-state index < -0.39 is 0 Å². The number of amides is 1. The minimum Gasteiger partial charge on any atom is -0.335 e. The van der Waals surface area contributed by atoms with Crippen LogP contribution >= 0.6 is 0 Å². The van der Waals surface area contributed by atoms with E-state index in [1.165, 1.54) is 16.8 Å².